The number of aromatic nitrogens is 3. The molecule has 2 aromatic heterocycles. The summed E-state index contributed by atoms with van der Waals surface area (Å²) in [4.78, 5) is 22.9. The van der Waals surface area contributed by atoms with Crippen LogP contribution in [0.15, 0.2) is 59.7 Å². The molecule has 0 aliphatic carbocycles. The molecule has 156 valence electrons. The molecule has 0 spiro atoms. The minimum atomic E-state index is -4.48. The first-order valence-corrected chi connectivity index (χ1v) is 9.36. The van der Waals surface area contributed by atoms with E-state index in [9.17, 15) is 18.0 Å². The molecule has 0 radical (unpaired) electrons. The normalized spacial score (nSPS) is 17.2. The zero-order valence-corrected chi connectivity index (χ0v) is 16.1. The fourth-order valence-electron chi connectivity index (χ4n) is 3.54. The molecule has 30 heavy (non-hydrogen) atoms. The third-order valence-electron chi connectivity index (χ3n) is 5.05. The van der Waals surface area contributed by atoms with Crippen LogP contribution < -0.4 is 10.5 Å². The molecule has 4 rings (SSSR count). The lowest BCUT2D eigenvalue weighted by atomic mass is 10.0. The maximum Gasteiger partial charge on any atom is 0.416 e. The van der Waals surface area contributed by atoms with Crippen LogP contribution in [0.2, 0.25) is 0 Å². The molecule has 1 fully saturated rings. The van der Waals surface area contributed by atoms with E-state index < -0.39 is 17.8 Å². The Balaban J connectivity index is 1.70. The number of morpholine rings is 1. The van der Waals surface area contributed by atoms with Gasteiger partial charge in [0.15, 0.2) is 0 Å². The van der Waals surface area contributed by atoms with Crippen molar-refractivity contribution in [2.24, 2.45) is 7.05 Å². The first-order chi connectivity index (χ1) is 14.3. The molecular formula is C21H19F3N4O2. The van der Waals surface area contributed by atoms with Crippen molar-refractivity contribution in [3.8, 4) is 11.3 Å². The number of nitrogens with zero attached hydrogens (tertiary/aromatic N) is 4. The Morgan fingerprint density at radius 3 is 2.60 bits per heavy atom. The van der Waals surface area contributed by atoms with Gasteiger partial charge in [0.1, 0.15) is 6.10 Å². The Labute approximate surface area is 170 Å². The molecule has 6 nitrogen and oxygen atoms in total. The summed E-state index contributed by atoms with van der Waals surface area (Å²) >= 11 is 0. The topological polar surface area (TPSA) is 60.2 Å². The first kappa shape index (κ1) is 20.1. The number of benzene rings is 1. The second-order valence-corrected chi connectivity index (χ2v) is 6.96. The van der Waals surface area contributed by atoms with E-state index in [0.717, 1.165) is 11.6 Å². The van der Waals surface area contributed by atoms with Gasteiger partial charge < -0.3 is 9.64 Å². The van der Waals surface area contributed by atoms with Crippen molar-refractivity contribution in [3.63, 3.8) is 0 Å². The third-order valence-corrected chi connectivity index (χ3v) is 5.05. The Morgan fingerprint density at radius 1 is 1.13 bits per heavy atom. The van der Waals surface area contributed by atoms with Crippen molar-refractivity contribution in [2.45, 2.75) is 12.3 Å². The summed E-state index contributed by atoms with van der Waals surface area (Å²) in [5, 5.41) is 0. The van der Waals surface area contributed by atoms with Crippen molar-refractivity contribution in [1.29, 1.82) is 0 Å². The molecule has 1 aliphatic heterocycles. The summed E-state index contributed by atoms with van der Waals surface area (Å²) in [6.07, 6.45) is -2.06. The molecule has 0 saturated carbocycles. The minimum Gasteiger partial charge on any atom is -0.370 e. The lowest BCUT2D eigenvalue weighted by molar-refractivity contribution is -0.139. The highest BCUT2D eigenvalue weighted by atomic mass is 19.4. The largest absolute Gasteiger partial charge is 0.416 e. The van der Waals surface area contributed by atoms with Crippen LogP contribution in [0.3, 0.4) is 0 Å². The summed E-state index contributed by atoms with van der Waals surface area (Å²) in [7, 11) is 1.59. The van der Waals surface area contributed by atoms with E-state index in [0.29, 0.717) is 18.2 Å². The number of ether oxygens (including phenoxy) is 1. The van der Waals surface area contributed by atoms with Crippen molar-refractivity contribution >= 4 is 5.95 Å². The van der Waals surface area contributed by atoms with E-state index in [1.165, 1.54) is 22.8 Å². The van der Waals surface area contributed by atoms with E-state index >= 15 is 0 Å². The van der Waals surface area contributed by atoms with Gasteiger partial charge in [0.25, 0.3) is 5.56 Å². The number of halogens is 3. The highest BCUT2D eigenvalue weighted by Crippen LogP contribution is 2.37. The SMILES string of the molecule is Cn1c(N2CCO[C@@H](c3ccccc3C(F)(F)F)C2)nc(-c2ccncc2)cc1=O. The molecule has 3 aromatic rings. The number of hydrogen-bond acceptors (Lipinski definition) is 5. The Kier molecular flexibility index (Phi) is 5.29. The number of anilines is 1. The molecule has 1 aliphatic rings. The number of pyridine rings is 1. The predicted molar refractivity (Wildman–Crippen MR) is 105 cm³/mol. The Morgan fingerprint density at radius 2 is 1.87 bits per heavy atom. The molecule has 1 saturated heterocycles. The van der Waals surface area contributed by atoms with Crippen molar-refractivity contribution < 1.29 is 17.9 Å². The van der Waals surface area contributed by atoms with Crippen LogP contribution in [0.25, 0.3) is 11.3 Å². The van der Waals surface area contributed by atoms with E-state index in [1.54, 1.807) is 42.5 Å². The second kappa shape index (κ2) is 7.91. The Hall–Kier alpha value is -3.20. The molecule has 3 heterocycles. The highest BCUT2D eigenvalue weighted by Gasteiger charge is 2.36. The summed E-state index contributed by atoms with van der Waals surface area (Å²) in [6, 6.07) is 10.3. The van der Waals surface area contributed by atoms with Crippen LogP contribution in [0.4, 0.5) is 19.1 Å². The van der Waals surface area contributed by atoms with Gasteiger partial charge in [-0.25, -0.2) is 4.98 Å². The van der Waals surface area contributed by atoms with Crippen LogP contribution in [0.1, 0.15) is 17.2 Å². The summed E-state index contributed by atoms with van der Waals surface area (Å²) in [6.45, 7) is 0.768. The first-order valence-electron chi connectivity index (χ1n) is 9.36. The summed E-state index contributed by atoms with van der Waals surface area (Å²) in [5.41, 5.74) is 0.310. The van der Waals surface area contributed by atoms with Crippen LogP contribution in [-0.4, -0.2) is 34.2 Å². The number of hydrogen-bond donors (Lipinski definition) is 0. The second-order valence-electron chi connectivity index (χ2n) is 6.96. The van der Waals surface area contributed by atoms with Gasteiger partial charge in [-0.3, -0.25) is 14.3 Å². The third kappa shape index (κ3) is 3.93. The number of alkyl halides is 3. The van der Waals surface area contributed by atoms with Gasteiger partial charge in [0, 0.05) is 37.6 Å². The van der Waals surface area contributed by atoms with E-state index in [2.05, 4.69) is 9.97 Å². The van der Waals surface area contributed by atoms with Crippen LogP contribution in [0.5, 0.6) is 0 Å². The minimum absolute atomic E-state index is 0.0741. The van der Waals surface area contributed by atoms with Crippen LogP contribution >= 0.6 is 0 Å². The average Bonchev–Trinajstić information content (AvgIpc) is 2.75. The van der Waals surface area contributed by atoms with Gasteiger partial charge in [-0.2, -0.15) is 13.2 Å². The van der Waals surface area contributed by atoms with Crippen LogP contribution in [-0.2, 0) is 18.0 Å². The monoisotopic (exact) mass is 416 g/mol. The van der Waals surface area contributed by atoms with E-state index in [4.69, 9.17) is 4.74 Å². The van der Waals surface area contributed by atoms with E-state index in [-0.39, 0.29) is 24.3 Å². The lowest BCUT2D eigenvalue weighted by Crippen LogP contribution is -2.42. The molecule has 0 bridgehead atoms. The zero-order chi connectivity index (χ0) is 21.3. The van der Waals surface area contributed by atoms with Gasteiger partial charge in [-0.1, -0.05) is 18.2 Å². The van der Waals surface area contributed by atoms with E-state index in [1.807, 2.05) is 0 Å². The maximum atomic E-state index is 13.4. The van der Waals surface area contributed by atoms with Gasteiger partial charge in [0.05, 0.1) is 24.4 Å². The average molecular weight is 416 g/mol. The van der Waals surface area contributed by atoms with Crippen molar-refractivity contribution in [1.82, 2.24) is 14.5 Å². The summed E-state index contributed by atoms with van der Waals surface area (Å²) in [5.74, 6) is 0.382. The molecule has 0 N–H and O–H groups in total. The van der Waals surface area contributed by atoms with Gasteiger partial charge in [-0.05, 0) is 23.8 Å². The quantitative estimate of drug-likeness (QED) is 0.655. The molecule has 1 atom stereocenters. The lowest BCUT2D eigenvalue weighted by Gasteiger charge is -2.35. The molecule has 1 aromatic carbocycles. The molecule has 0 unspecified atom stereocenters. The van der Waals surface area contributed by atoms with Crippen molar-refractivity contribution in [3.05, 3.63) is 76.3 Å². The fraction of sp³-hybridized carbons (Fsp3) is 0.286. The molecule has 0 amide bonds. The molecule has 9 heteroatoms. The standard InChI is InChI=1S/C21H19F3N4O2/c1-27-19(29)12-17(14-6-8-25-9-7-14)26-20(27)28-10-11-30-18(13-28)15-4-2-3-5-16(15)21(22,23)24/h2-9,12,18H,10-11,13H2,1H3/t18-/m1/s1. The van der Waals surface area contributed by atoms with Crippen molar-refractivity contribution in [2.75, 3.05) is 24.6 Å². The van der Waals surface area contributed by atoms with Gasteiger partial charge >= 0.3 is 6.18 Å². The maximum absolute atomic E-state index is 13.4. The fourth-order valence-corrected chi connectivity index (χ4v) is 3.54. The molecular weight excluding hydrogens is 397 g/mol. The smallest absolute Gasteiger partial charge is 0.370 e. The predicted octanol–water partition coefficient (Wildman–Crippen LogP) is 3.44. The Bertz CT molecular complexity index is 1100. The number of rotatable bonds is 3. The van der Waals surface area contributed by atoms with Gasteiger partial charge in [0.2, 0.25) is 5.95 Å². The zero-order valence-electron chi connectivity index (χ0n) is 16.1. The summed E-state index contributed by atoms with van der Waals surface area (Å²) < 4.78 is 47.4. The van der Waals surface area contributed by atoms with Crippen LogP contribution in [0, 0.1) is 0 Å². The highest BCUT2D eigenvalue weighted by molar-refractivity contribution is 5.59. The van der Waals surface area contributed by atoms with Gasteiger partial charge in [-0.15, -0.1) is 0 Å².